The lowest BCUT2D eigenvalue weighted by molar-refractivity contribution is 0.140. The van der Waals surface area contributed by atoms with Crippen molar-refractivity contribution in [3.63, 3.8) is 0 Å². The van der Waals surface area contributed by atoms with Gasteiger partial charge in [-0.25, -0.2) is 4.79 Å². The zero-order valence-corrected chi connectivity index (χ0v) is 8.54. The summed E-state index contributed by atoms with van der Waals surface area (Å²) >= 11 is 0. The Morgan fingerprint density at radius 3 is 2.57 bits per heavy atom. The quantitative estimate of drug-likeness (QED) is 0.799. The molecule has 0 fully saturated rings. The highest BCUT2D eigenvalue weighted by atomic mass is 16.5. The summed E-state index contributed by atoms with van der Waals surface area (Å²) in [6, 6.07) is 7.90. The number of ether oxygens (including phenoxy) is 1. The maximum Gasteiger partial charge on any atom is 0.407 e. The molecule has 0 aliphatic carbocycles. The maximum absolute atomic E-state index is 10.9. The lowest BCUT2D eigenvalue weighted by atomic mass is 10.2. The first-order valence-corrected chi connectivity index (χ1v) is 4.68. The molecule has 0 aliphatic heterocycles. The van der Waals surface area contributed by atoms with Gasteiger partial charge in [-0.05, 0) is 19.4 Å². The SMILES string of the molecule is CCNC(=O)OCc1ccc(C)cc1. The van der Waals surface area contributed by atoms with Gasteiger partial charge in [0.2, 0.25) is 0 Å². The second-order valence-electron chi connectivity index (χ2n) is 3.09. The fourth-order valence-corrected chi connectivity index (χ4v) is 1.03. The molecule has 0 bridgehead atoms. The summed E-state index contributed by atoms with van der Waals surface area (Å²) in [5.74, 6) is 0. The van der Waals surface area contributed by atoms with Crippen LogP contribution in [0.5, 0.6) is 0 Å². The van der Waals surface area contributed by atoms with Crippen LogP contribution in [0.15, 0.2) is 24.3 Å². The average molecular weight is 193 g/mol. The van der Waals surface area contributed by atoms with Gasteiger partial charge in [-0.2, -0.15) is 0 Å². The lowest BCUT2D eigenvalue weighted by Gasteiger charge is -2.05. The number of aryl methyl sites for hydroxylation is 1. The van der Waals surface area contributed by atoms with Gasteiger partial charge in [0.1, 0.15) is 6.61 Å². The maximum atomic E-state index is 10.9. The number of alkyl carbamates (subject to hydrolysis) is 1. The van der Waals surface area contributed by atoms with Gasteiger partial charge in [-0.15, -0.1) is 0 Å². The molecule has 0 aromatic heterocycles. The minimum Gasteiger partial charge on any atom is -0.445 e. The monoisotopic (exact) mass is 193 g/mol. The largest absolute Gasteiger partial charge is 0.445 e. The van der Waals surface area contributed by atoms with Crippen molar-refractivity contribution in [3.8, 4) is 0 Å². The summed E-state index contributed by atoms with van der Waals surface area (Å²) in [5, 5.41) is 2.57. The van der Waals surface area contributed by atoms with Crippen molar-refractivity contribution in [3.05, 3.63) is 35.4 Å². The van der Waals surface area contributed by atoms with Gasteiger partial charge < -0.3 is 10.1 Å². The minimum absolute atomic E-state index is 0.326. The first kappa shape index (κ1) is 10.6. The molecule has 0 spiro atoms. The van der Waals surface area contributed by atoms with E-state index in [1.54, 1.807) is 0 Å². The fourth-order valence-electron chi connectivity index (χ4n) is 1.03. The standard InChI is InChI=1S/C11H15NO2/c1-3-12-11(13)14-8-10-6-4-9(2)5-7-10/h4-7H,3,8H2,1-2H3,(H,12,13). The predicted octanol–water partition coefficient (Wildman–Crippen LogP) is 2.24. The highest BCUT2D eigenvalue weighted by molar-refractivity contribution is 5.66. The Labute approximate surface area is 84.1 Å². The molecule has 0 atom stereocenters. The van der Waals surface area contributed by atoms with Gasteiger partial charge in [0.15, 0.2) is 0 Å². The van der Waals surface area contributed by atoms with Crippen molar-refractivity contribution < 1.29 is 9.53 Å². The van der Waals surface area contributed by atoms with E-state index in [0.717, 1.165) is 5.56 Å². The second kappa shape index (κ2) is 5.27. The summed E-state index contributed by atoms with van der Waals surface area (Å²) in [4.78, 5) is 10.9. The molecule has 0 radical (unpaired) electrons. The third-order valence-electron chi connectivity index (χ3n) is 1.81. The van der Waals surface area contributed by atoms with Gasteiger partial charge >= 0.3 is 6.09 Å². The highest BCUT2D eigenvalue weighted by Gasteiger charge is 1.99. The number of nitrogens with one attached hydrogen (secondary N) is 1. The molecule has 0 unspecified atom stereocenters. The molecule has 3 heteroatoms. The van der Waals surface area contributed by atoms with Crippen LogP contribution in [0.2, 0.25) is 0 Å². The summed E-state index contributed by atoms with van der Waals surface area (Å²) in [7, 11) is 0. The van der Waals surface area contributed by atoms with Crippen LogP contribution in [-0.2, 0) is 11.3 Å². The third-order valence-corrected chi connectivity index (χ3v) is 1.81. The molecule has 0 heterocycles. The Hall–Kier alpha value is -1.51. The molecular formula is C11H15NO2. The van der Waals surface area contributed by atoms with Crippen LogP contribution in [0.25, 0.3) is 0 Å². The predicted molar refractivity (Wildman–Crippen MR) is 55.0 cm³/mol. The van der Waals surface area contributed by atoms with Gasteiger partial charge in [0, 0.05) is 6.54 Å². The van der Waals surface area contributed by atoms with Crippen LogP contribution in [0.4, 0.5) is 4.79 Å². The van der Waals surface area contributed by atoms with Crippen molar-refractivity contribution in [1.82, 2.24) is 5.32 Å². The summed E-state index contributed by atoms with van der Waals surface area (Å²) in [6.45, 7) is 4.79. The van der Waals surface area contributed by atoms with Crippen molar-refractivity contribution in [2.75, 3.05) is 6.54 Å². The fraction of sp³-hybridized carbons (Fsp3) is 0.364. The molecule has 0 saturated heterocycles. The number of amides is 1. The Morgan fingerprint density at radius 1 is 1.36 bits per heavy atom. The zero-order valence-electron chi connectivity index (χ0n) is 8.54. The number of hydrogen-bond donors (Lipinski definition) is 1. The second-order valence-corrected chi connectivity index (χ2v) is 3.09. The Bertz CT molecular complexity index is 293. The topological polar surface area (TPSA) is 38.3 Å². The van der Waals surface area contributed by atoms with E-state index < -0.39 is 0 Å². The third kappa shape index (κ3) is 3.47. The average Bonchev–Trinajstić information content (AvgIpc) is 2.17. The first-order valence-electron chi connectivity index (χ1n) is 4.68. The molecule has 1 rings (SSSR count). The van der Waals surface area contributed by atoms with Gasteiger partial charge in [-0.3, -0.25) is 0 Å². The van der Waals surface area contributed by atoms with Crippen molar-refractivity contribution in [2.45, 2.75) is 20.5 Å². The summed E-state index contributed by atoms with van der Waals surface area (Å²) < 4.78 is 4.96. The van der Waals surface area contributed by atoms with E-state index in [9.17, 15) is 4.79 Å². The van der Waals surface area contributed by atoms with E-state index in [2.05, 4.69) is 5.32 Å². The smallest absolute Gasteiger partial charge is 0.407 e. The van der Waals surface area contributed by atoms with Crippen molar-refractivity contribution >= 4 is 6.09 Å². The minimum atomic E-state index is -0.368. The van der Waals surface area contributed by atoms with E-state index in [1.165, 1.54) is 5.56 Å². The van der Waals surface area contributed by atoms with Gasteiger partial charge in [-0.1, -0.05) is 29.8 Å². The first-order chi connectivity index (χ1) is 6.72. The molecule has 1 aromatic carbocycles. The van der Waals surface area contributed by atoms with Gasteiger partial charge in [0.05, 0.1) is 0 Å². The zero-order chi connectivity index (χ0) is 10.4. The number of carbonyl (C=O) groups excluding carboxylic acids is 1. The normalized spacial score (nSPS) is 9.57. The van der Waals surface area contributed by atoms with Crippen LogP contribution in [0.1, 0.15) is 18.1 Å². The molecular weight excluding hydrogens is 178 g/mol. The van der Waals surface area contributed by atoms with Crippen LogP contribution < -0.4 is 5.32 Å². The number of benzene rings is 1. The molecule has 3 nitrogen and oxygen atoms in total. The molecule has 76 valence electrons. The molecule has 14 heavy (non-hydrogen) atoms. The lowest BCUT2D eigenvalue weighted by Crippen LogP contribution is -2.23. The van der Waals surface area contributed by atoms with Crippen LogP contribution in [-0.4, -0.2) is 12.6 Å². The van der Waals surface area contributed by atoms with E-state index in [4.69, 9.17) is 4.74 Å². The Kier molecular flexibility index (Phi) is 3.98. The van der Waals surface area contributed by atoms with E-state index >= 15 is 0 Å². The molecule has 0 saturated carbocycles. The number of rotatable bonds is 3. The molecule has 1 N–H and O–H groups in total. The highest BCUT2D eigenvalue weighted by Crippen LogP contribution is 2.04. The van der Waals surface area contributed by atoms with Crippen LogP contribution in [0, 0.1) is 6.92 Å². The Balaban J connectivity index is 2.38. The van der Waals surface area contributed by atoms with E-state index in [1.807, 2.05) is 38.1 Å². The van der Waals surface area contributed by atoms with E-state index in [-0.39, 0.29) is 6.09 Å². The summed E-state index contributed by atoms with van der Waals surface area (Å²) in [6.07, 6.45) is -0.368. The molecule has 1 aromatic rings. The Morgan fingerprint density at radius 2 is 2.00 bits per heavy atom. The molecule has 0 aliphatic rings. The van der Waals surface area contributed by atoms with E-state index in [0.29, 0.717) is 13.2 Å². The van der Waals surface area contributed by atoms with Crippen molar-refractivity contribution in [2.24, 2.45) is 0 Å². The van der Waals surface area contributed by atoms with Crippen molar-refractivity contribution in [1.29, 1.82) is 0 Å². The summed E-state index contributed by atoms with van der Waals surface area (Å²) in [5.41, 5.74) is 2.20. The van der Waals surface area contributed by atoms with Gasteiger partial charge in [0.25, 0.3) is 0 Å². The number of carbonyl (C=O) groups is 1. The van der Waals surface area contributed by atoms with Crippen LogP contribution in [0.3, 0.4) is 0 Å². The molecule has 1 amide bonds. The number of hydrogen-bond acceptors (Lipinski definition) is 2. The van der Waals surface area contributed by atoms with Crippen LogP contribution >= 0.6 is 0 Å².